The van der Waals surface area contributed by atoms with Crippen molar-refractivity contribution in [2.24, 2.45) is 0 Å². The third kappa shape index (κ3) is 3.82. The minimum atomic E-state index is -0.0945. The van der Waals surface area contributed by atoms with E-state index in [1.807, 2.05) is 47.4 Å². The van der Waals surface area contributed by atoms with Crippen LogP contribution in [0.3, 0.4) is 0 Å². The Morgan fingerprint density at radius 1 is 1.11 bits per heavy atom. The maximum atomic E-state index is 12.0. The van der Waals surface area contributed by atoms with Gasteiger partial charge in [-0.2, -0.15) is 4.98 Å². The fraction of sp³-hybridized carbons (Fsp3) is 0.150. The predicted molar refractivity (Wildman–Crippen MR) is 104 cm³/mol. The standard InChI is InChI=1S/C20H19N5O2/c26-16-8-6-14(7-9-16)10-11-21-20-22-12-17-19(24-20)25(13-18(27)23-17)15-4-2-1-3-5-15/h1-9,12,26H,10-11,13H2,(H,23,27)(H,21,22,24). The Labute approximate surface area is 156 Å². The first-order valence-electron chi connectivity index (χ1n) is 8.70. The molecular formula is C20H19N5O2. The number of aromatic hydroxyl groups is 1. The number of benzene rings is 2. The molecule has 0 fully saturated rings. The molecule has 0 saturated heterocycles. The molecule has 1 aromatic heterocycles. The van der Waals surface area contributed by atoms with Crippen LogP contribution in [0.25, 0.3) is 0 Å². The molecule has 7 heteroatoms. The summed E-state index contributed by atoms with van der Waals surface area (Å²) < 4.78 is 0. The Bertz CT molecular complexity index is 944. The van der Waals surface area contributed by atoms with Crippen molar-refractivity contribution in [3.63, 3.8) is 0 Å². The molecule has 2 aromatic carbocycles. The molecule has 1 aliphatic heterocycles. The average molecular weight is 361 g/mol. The van der Waals surface area contributed by atoms with E-state index >= 15 is 0 Å². The molecule has 3 N–H and O–H groups in total. The number of anilines is 4. The first kappa shape index (κ1) is 16.8. The molecule has 3 aromatic rings. The van der Waals surface area contributed by atoms with Crippen LogP contribution >= 0.6 is 0 Å². The molecule has 0 atom stereocenters. The highest BCUT2D eigenvalue weighted by molar-refractivity contribution is 6.02. The molecule has 0 unspecified atom stereocenters. The molecule has 1 aliphatic rings. The van der Waals surface area contributed by atoms with Crippen molar-refractivity contribution < 1.29 is 9.90 Å². The molecule has 1 amide bonds. The van der Waals surface area contributed by atoms with E-state index < -0.39 is 0 Å². The van der Waals surface area contributed by atoms with E-state index in [1.165, 1.54) is 0 Å². The average Bonchev–Trinajstić information content (AvgIpc) is 2.70. The van der Waals surface area contributed by atoms with Crippen molar-refractivity contribution in [1.82, 2.24) is 9.97 Å². The first-order valence-corrected chi connectivity index (χ1v) is 8.70. The topological polar surface area (TPSA) is 90.4 Å². The summed E-state index contributed by atoms with van der Waals surface area (Å²) in [5.41, 5.74) is 2.61. The number of hydrogen-bond donors (Lipinski definition) is 3. The smallest absolute Gasteiger partial charge is 0.244 e. The van der Waals surface area contributed by atoms with Gasteiger partial charge in [-0.25, -0.2) is 4.98 Å². The molecule has 0 aliphatic carbocycles. The molecule has 0 spiro atoms. The summed E-state index contributed by atoms with van der Waals surface area (Å²) in [6.45, 7) is 0.863. The number of carbonyl (C=O) groups is 1. The van der Waals surface area contributed by atoms with E-state index in [-0.39, 0.29) is 18.2 Å². The van der Waals surface area contributed by atoms with Crippen LogP contribution in [0.1, 0.15) is 5.56 Å². The predicted octanol–water partition coefficient (Wildman–Crippen LogP) is 2.93. The van der Waals surface area contributed by atoms with Crippen LogP contribution in [0.5, 0.6) is 5.75 Å². The molecular weight excluding hydrogens is 342 g/mol. The number of nitrogens with zero attached hydrogens (tertiary/aromatic N) is 3. The zero-order valence-electron chi connectivity index (χ0n) is 14.6. The van der Waals surface area contributed by atoms with Crippen LogP contribution in [-0.2, 0) is 11.2 Å². The van der Waals surface area contributed by atoms with E-state index in [2.05, 4.69) is 20.6 Å². The number of fused-ring (bicyclic) bond motifs is 1. The molecule has 0 saturated carbocycles. The maximum absolute atomic E-state index is 12.0. The fourth-order valence-electron chi connectivity index (χ4n) is 2.96. The van der Waals surface area contributed by atoms with Gasteiger partial charge in [0.05, 0.1) is 6.20 Å². The van der Waals surface area contributed by atoms with E-state index in [0.717, 1.165) is 17.7 Å². The Morgan fingerprint density at radius 2 is 1.89 bits per heavy atom. The van der Waals surface area contributed by atoms with Crippen LogP contribution < -0.4 is 15.5 Å². The maximum Gasteiger partial charge on any atom is 0.244 e. The third-order valence-electron chi connectivity index (χ3n) is 4.30. The van der Waals surface area contributed by atoms with Gasteiger partial charge in [0, 0.05) is 12.2 Å². The molecule has 7 nitrogen and oxygen atoms in total. The number of nitrogens with one attached hydrogen (secondary N) is 2. The Kier molecular flexibility index (Phi) is 4.57. The van der Waals surface area contributed by atoms with Gasteiger partial charge in [-0.3, -0.25) is 4.79 Å². The largest absolute Gasteiger partial charge is 0.508 e. The summed E-state index contributed by atoms with van der Waals surface area (Å²) in [6.07, 6.45) is 2.40. The number of hydrogen-bond acceptors (Lipinski definition) is 6. The van der Waals surface area contributed by atoms with Gasteiger partial charge in [0.15, 0.2) is 5.82 Å². The summed E-state index contributed by atoms with van der Waals surface area (Å²) in [5.74, 6) is 1.34. The van der Waals surface area contributed by atoms with E-state index in [1.54, 1.807) is 18.3 Å². The number of amides is 1. The van der Waals surface area contributed by atoms with Crippen molar-refractivity contribution in [3.8, 4) is 5.75 Å². The first-order chi connectivity index (χ1) is 13.2. The van der Waals surface area contributed by atoms with Gasteiger partial charge in [0.2, 0.25) is 11.9 Å². The minimum absolute atomic E-state index is 0.0945. The highest BCUT2D eigenvalue weighted by Gasteiger charge is 2.25. The van der Waals surface area contributed by atoms with Gasteiger partial charge < -0.3 is 20.6 Å². The molecule has 4 rings (SSSR count). The molecule has 27 heavy (non-hydrogen) atoms. The Hall–Kier alpha value is -3.61. The summed E-state index contributed by atoms with van der Waals surface area (Å²) >= 11 is 0. The number of rotatable bonds is 5. The third-order valence-corrected chi connectivity index (χ3v) is 4.30. The van der Waals surface area contributed by atoms with Crippen LogP contribution in [0.15, 0.2) is 60.8 Å². The Balaban J connectivity index is 1.51. The number of phenolic OH excluding ortho intramolecular Hbond substituents is 1. The molecule has 0 bridgehead atoms. The van der Waals surface area contributed by atoms with Crippen molar-refractivity contribution in [3.05, 3.63) is 66.4 Å². The second-order valence-corrected chi connectivity index (χ2v) is 6.24. The van der Waals surface area contributed by atoms with E-state index in [9.17, 15) is 9.90 Å². The second kappa shape index (κ2) is 7.33. The molecule has 136 valence electrons. The fourth-order valence-corrected chi connectivity index (χ4v) is 2.96. The summed E-state index contributed by atoms with van der Waals surface area (Å²) in [5, 5.41) is 15.4. The van der Waals surface area contributed by atoms with Gasteiger partial charge in [0.25, 0.3) is 0 Å². The highest BCUT2D eigenvalue weighted by atomic mass is 16.3. The number of aromatic nitrogens is 2. The minimum Gasteiger partial charge on any atom is -0.508 e. The van der Waals surface area contributed by atoms with Crippen molar-refractivity contribution in [2.75, 3.05) is 28.6 Å². The van der Waals surface area contributed by atoms with Gasteiger partial charge in [-0.15, -0.1) is 0 Å². The van der Waals surface area contributed by atoms with Crippen LogP contribution in [0, 0.1) is 0 Å². The van der Waals surface area contributed by atoms with E-state index in [4.69, 9.17) is 0 Å². The van der Waals surface area contributed by atoms with Gasteiger partial charge in [-0.1, -0.05) is 30.3 Å². The lowest BCUT2D eigenvalue weighted by Gasteiger charge is -2.29. The zero-order valence-corrected chi connectivity index (χ0v) is 14.6. The van der Waals surface area contributed by atoms with Crippen molar-refractivity contribution >= 4 is 29.0 Å². The van der Waals surface area contributed by atoms with Crippen LogP contribution in [-0.4, -0.2) is 34.1 Å². The van der Waals surface area contributed by atoms with Gasteiger partial charge >= 0.3 is 0 Å². The van der Waals surface area contributed by atoms with Gasteiger partial charge in [-0.05, 0) is 36.2 Å². The summed E-state index contributed by atoms with van der Waals surface area (Å²) in [6, 6.07) is 16.8. The number of carbonyl (C=O) groups excluding carboxylic acids is 1. The lowest BCUT2D eigenvalue weighted by molar-refractivity contribution is -0.115. The molecule has 0 radical (unpaired) electrons. The van der Waals surface area contributed by atoms with Gasteiger partial charge in [0.1, 0.15) is 18.0 Å². The summed E-state index contributed by atoms with van der Waals surface area (Å²) in [4.78, 5) is 22.8. The molecule has 2 heterocycles. The normalized spacial score (nSPS) is 13.0. The highest BCUT2D eigenvalue weighted by Crippen LogP contribution is 2.33. The lowest BCUT2D eigenvalue weighted by Crippen LogP contribution is -2.36. The van der Waals surface area contributed by atoms with Crippen LogP contribution in [0.2, 0.25) is 0 Å². The monoisotopic (exact) mass is 361 g/mol. The zero-order chi connectivity index (χ0) is 18.6. The van der Waals surface area contributed by atoms with Crippen molar-refractivity contribution in [2.45, 2.75) is 6.42 Å². The Morgan fingerprint density at radius 3 is 2.67 bits per heavy atom. The SMILES string of the molecule is O=C1CN(c2ccccc2)c2nc(NCCc3ccc(O)cc3)ncc2N1. The van der Waals surface area contributed by atoms with E-state index in [0.29, 0.717) is 24.0 Å². The summed E-state index contributed by atoms with van der Waals surface area (Å²) in [7, 11) is 0. The van der Waals surface area contributed by atoms with Crippen molar-refractivity contribution in [1.29, 1.82) is 0 Å². The quantitative estimate of drug-likeness (QED) is 0.647. The number of phenols is 1. The number of para-hydroxylation sites is 1. The van der Waals surface area contributed by atoms with Crippen LogP contribution in [0.4, 0.5) is 23.1 Å². The second-order valence-electron chi connectivity index (χ2n) is 6.24. The lowest BCUT2D eigenvalue weighted by atomic mass is 10.1.